The topological polar surface area (TPSA) is 111 Å². The second-order valence-electron chi connectivity index (χ2n) is 26.1. The molecule has 9 nitrogen and oxygen atoms in total. The third-order valence-corrected chi connectivity index (χ3v) is 17.5. The summed E-state index contributed by atoms with van der Waals surface area (Å²) in [4.78, 5) is 37.9. The summed E-state index contributed by atoms with van der Waals surface area (Å²) >= 11 is 0. The lowest BCUT2D eigenvalue weighted by molar-refractivity contribution is -0.870. The molecule has 2 N–H and O–H groups in total. The Balaban J connectivity index is 5.02. The number of esters is 1. The molecule has 0 fully saturated rings. The number of nitrogens with zero attached hydrogens (tertiary/aromatic N) is 1. The number of carbonyl (C=O) groups excluding carboxylic acids is 2. The van der Waals surface area contributed by atoms with Crippen LogP contribution in [0.5, 0.6) is 0 Å². The maximum absolute atomic E-state index is 13.6. The Morgan fingerprint density at radius 1 is 0.417 bits per heavy atom. The van der Waals surface area contributed by atoms with E-state index in [0.717, 1.165) is 83.5 Å². The summed E-state index contributed by atoms with van der Waals surface area (Å²) in [5, 5.41) is 3.08. The molecule has 0 saturated heterocycles. The number of phosphoric acid groups is 1. The van der Waals surface area contributed by atoms with Crippen molar-refractivity contribution < 1.29 is 37.3 Å². The third kappa shape index (κ3) is 64.4. The monoisotopic (exact) mass is 1200 g/mol. The van der Waals surface area contributed by atoms with Crippen molar-refractivity contribution in [3.8, 4) is 0 Å². The molecule has 0 heterocycles. The van der Waals surface area contributed by atoms with Crippen LogP contribution in [0.4, 0.5) is 0 Å². The maximum atomic E-state index is 13.6. The van der Waals surface area contributed by atoms with Gasteiger partial charge in [0.05, 0.1) is 33.8 Å². The number of amides is 1. The fourth-order valence-corrected chi connectivity index (χ4v) is 11.6. The molecule has 0 aliphatic carbocycles. The van der Waals surface area contributed by atoms with E-state index in [2.05, 4.69) is 62.5 Å². The quantitative estimate of drug-likeness (QED) is 0.0205. The van der Waals surface area contributed by atoms with Crippen molar-refractivity contribution in [2.45, 2.75) is 373 Å². The number of quaternary nitrogens is 1. The molecule has 0 rings (SSSR count). The SMILES string of the molecule is CCCCC/C=C\C/C=C\C/C=C\CCCCCCCCCCC(=O)OC(/C=C/CCCCCCCCCCCC)C(COP(=O)(O)OCC[N+](C)(C)C)NC(=O)CCCCCCCCCCCCCCCCCCCCCCCCCCC. The van der Waals surface area contributed by atoms with Gasteiger partial charge in [0, 0.05) is 12.8 Å². The van der Waals surface area contributed by atoms with E-state index in [1.807, 2.05) is 33.3 Å². The van der Waals surface area contributed by atoms with E-state index >= 15 is 0 Å². The predicted octanol–water partition coefficient (Wildman–Crippen LogP) is 23.2. The smallest absolute Gasteiger partial charge is 0.456 e. The van der Waals surface area contributed by atoms with Gasteiger partial charge in [-0.15, -0.1) is 0 Å². The molecule has 494 valence electrons. The van der Waals surface area contributed by atoms with Gasteiger partial charge in [-0.2, -0.15) is 0 Å². The second-order valence-corrected chi connectivity index (χ2v) is 27.6. The van der Waals surface area contributed by atoms with E-state index in [9.17, 15) is 19.0 Å². The molecular formula is C74H142N2O7P+. The van der Waals surface area contributed by atoms with Crippen LogP contribution in [-0.2, 0) is 27.9 Å². The molecule has 0 aliphatic heterocycles. The zero-order chi connectivity index (χ0) is 61.4. The number of ether oxygens (including phenoxy) is 1. The minimum atomic E-state index is -4.45. The number of likely N-dealkylation sites (N-methyl/N-ethyl adjacent to an activating group) is 1. The lowest BCUT2D eigenvalue weighted by Crippen LogP contribution is -2.47. The van der Waals surface area contributed by atoms with Gasteiger partial charge in [0.15, 0.2) is 0 Å². The molecule has 0 radical (unpaired) electrons. The second kappa shape index (κ2) is 64.0. The highest BCUT2D eigenvalue weighted by Crippen LogP contribution is 2.43. The molecule has 0 bridgehead atoms. The molecule has 0 aromatic heterocycles. The van der Waals surface area contributed by atoms with E-state index in [-0.39, 0.29) is 31.5 Å². The first-order valence-electron chi connectivity index (χ1n) is 36.5. The average Bonchev–Trinajstić information content (AvgIpc) is 3.65. The first kappa shape index (κ1) is 82.0. The standard InChI is InChI=1S/C74H141N2O7P/c1-7-10-13-16-19-22-25-28-30-32-34-36-37-38-39-41-42-44-46-48-51-54-57-60-63-66-73(77)75-71(70-82-84(79,80)81-69-68-76(4,5)6)72(65-62-59-56-53-50-27-24-21-18-15-12-9-3)83-74(78)67-64-61-58-55-52-49-47-45-43-40-35-33-31-29-26-23-20-17-14-11-8-2/h20,23,29,31,35,40,62,65,71-72H,7-19,21-22,24-28,30,32-34,36-39,41-61,63-64,66-70H2,1-6H3,(H-,75,77,79,80)/p+1/b23-20-,31-29-,40-35-,65-62+. The Morgan fingerprint density at radius 2 is 0.726 bits per heavy atom. The fraction of sp³-hybridized carbons (Fsp3) is 0.865. The van der Waals surface area contributed by atoms with Crippen LogP contribution in [0.1, 0.15) is 361 Å². The van der Waals surface area contributed by atoms with Crippen molar-refractivity contribution in [2.24, 2.45) is 0 Å². The van der Waals surface area contributed by atoms with Crippen molar-refractivity contribution >= 4 is 19.7 Å². The van der Waals surface area contributed by atoms with Crippen molar-refractivity contribution in [1.82, 2.24) is 5.32 Å². The van der Waals surface area contributed by atoms with Gasteiger partial charge < -0.3 is 19.4 Å². The van der Waals surface area contributed by atoms with E-state index in [0.29, 0.717) is 17.4 Å². The van der Waals surface area contributed by atoms with E-state index in [4.69, 9.17) is 13.8 Å². The number of nitrogens with one attached hydrogen (secondary N) is 1. The van der Waals surface area contributed by atoms with Gasteiger partial charge >= 0.3 is 13.8 Å². The third-order valence-electron chi connectivity index (χ3n) is 16.5. The zero-order valence-electron chi connectivity index (χ0n) is 56.7. The van der Waals surface area contributed by atoms with Crippen molar-refractivity contribution in [3.05, 3.63) is 48.6 Å². The Hall–Kier alpha value is -2.03. The number of phosphoric ester groups is 1. The molecule has 0 saturated carbocycles. The molecule has 0 aromatic rings. The molecule has 3 unspecified atom stereocenters. The summed E-state index contributed by atoms with van der Waals surface area (Å²) in [5.41, 5.74) is 0. The van der Waals surface area contributed by atoms with Gasteiger partial charge in [0.1, 0.15) is 19.3 Å². The first-order valence-corrected chi connectivity index (χ1v) is 38.0. The minimum absolute atomic E-state index is 0.0406. The van der Waals surface area contributed by atoms with Gasteiger partial charge in [0.2, 0.25) is 5.91 Å². The zero-order valence-corrected chi connectivity index (χ0v) is 57.6. The molecule has 0 aromatic carbocycles. The van der Waals surface area contributed by atoms with Crippen LogP contribution in [0.3, 0.4) is 0 Å². The van der Waals surface area contributed by atoms with Gasteiger partial charge in [0.25, 0.3) is 0 Å². The summed E-state index contributed by atoms with van der Waals surface area (Å²) in [6.45, 7) is 7.04. The van der Waals surface area contributed by atoms with Gasteiger partial charge in [-0.05, 0) is 70.3 Å². The summed E-state index contributed by atoms with van der Waals surface area (Å²) in [5.74, 6) is -0.496. The largest absolute Gasteiger partial charge is 0.472 e. The van der Waals surface area contributed by atoms with Crippen LogP contribution in [0, 0.1) is 0 Å². The highest BCUT2D eigenvalue weighted by atomic mass is 31.2. The Kier molecular flexibility index (Phi) is 62.4. The van der Waals surface area contributed by atoms with Crippen molar-refractivity contribution in [1.29, 1.82) is 0 Å². The summed E-state index contributed by atoms with van der Waals surface area (Å²) in [6, 6.07) is -0.850. The molecule has 10 heteroatoms. The molecule has 3 atom stereocenters. The lowest BCUT2D eigenvalue weighted by atomic mass is 10.0. The molecule has 0 aliphatic rings. The lowest BCUT2D eigenvalue weighted by Gasteiger charge is -2.27. The summed E-state index contributed by atoms with van der Waals surface area (Å²) in [7, 11) is 1.51. The predicted molar refractivity (Wildman–Crippen MR) is 365 cm³/mol. The highest BCUT2D eigenvalue weighted by molar-refractivity contribution is 7.47. The van der Waals surface area contributed by atoms with Crippen LogP contribution in [0.15, 0.2) is 48.6 Å². The Morgan fingerprint density at radius 3 is 1.11 bits per heavy atom. The summed E-state index contributed by atoms with van der Waals surface area (Å²) < 4.78 is 30.8. The Bertz CT molecular complexity index is 1570. The number of allylic oxidation sites excluding steroid dienone is 7. The van der Waals surface area contributed by atoms with Crippen LogP contribution in [0.25, 0.3) is 0 Å². The van der Waals surface area contributed by atoms with Crippen LogP contribution >= 0.6 is 7.82 Å². The van der Waals surface area contributed by atoms with E-state index in [1.165, 1.54) is 244 Å². The number of hydrogen-bond donors (Lipinski definition) is 2. The number of unbranched alkanes of at least 4 members (excludes halogenated alkanes) is 45. The van der Waals surface area contributed by atoms with Gasteiger partial charge in [-0.25, -0.2) is 4.57 Å². The maximum Gasteiger partial charge on any atom is 0.472 e. The number of hydrogen-bond acceptors (Lipinski definition) is 6. The summed E-state index contributed by atoms with van der Waals surface area (Å²) in [6.07, 6.45) is 81.3. The van der Waals surface area contributed by atoms with Crippen LogP contribution < -0.4 is 5.32 Å². The van der Waals surface area contributed by atoms with Crippen molar-refractivity contribution in [2.75, 3.05) is 40.9 Å². The number of rotatable bonds is 67. The van der Waals surface area contributed by atoms with Crippen molar-refractivity contribution in [3.63, 3.8) is 0 Å². The van der Waals surface area contributed by atoms with Gasteiger partial charge in [-0.1, -0.05) is 327 Å². The van der Waals surface area contributed by atoms with Crippen LogP contribution in [-0.4, -0.2) is 74.3 Å². The molecular weight excluding hydrogens is 1060 g/mol. The molecule has 1 amide bonds. The molecule has 84 heavy (non-hydrogen) atoms. The highest BCUT2D eigenvalue weighted by Gasteiger charge is 2.30. The Labute approximate surface area is 522 Å². The minimum Gasteiger partial charge on any atom is -0.456 e. The average molecular weight is 1200 g/mol. The van der Waals surface area contributed by atoms with Crippen LogP contribution in [0.2, 0.25) is 0 Å². The normalized spacial score (nSPS) is 13.8. The number of carbonyl (C=O) groups is 2. The first-order chi connectivity index (χ1) is 40.9. The van der Waals surface area contributed by atoms with E-state index < -0.39 is 20.0 Å². The fourth-order valence-electron chi connectivity index (χ4n) is 10.9. The molecule has 0 spiro atoms. The van der Waals surface area contributed by atoms with E-state index in [1.54, 1.807) is 0 Å². The van der Waals surface area contributed by atoms with Gasteiger partial charge in [-0.3, -0.25) is 18.6 Å².